The highest BCUT2D eigenvalue weighted by molar-refractivity contribution is 6.31. The van der Waals surface area contributed by atoms with Crippen LogP contribution in [0.15, 0.2) is 90.4 Å². The molecule has 0 fully saturated rings. The molecule has 0 saturated carbocycles. The fraction of sp³-hybridized carbons (Fsp3) is 0.0741. The van der Waals surface area contributed by atoms with E-state index in [1.807, 2.05) is 66.3 Å². The average molecular weight is 479 g/mol. The van der Waals surface area contributed by atoms with Gasteiger partial charge in [0.25, 0.3) is 0 Å². The van der Waals surface area contributed by atoms with Crippen LogP contribution in [0.3, 0.4) is 0 Å². The van der Waals surface area contributed by atoms with E-state index < -0.39 is 5.92 Å². The van der Waals surface area contributed by atoms with E-state index in [1.54, 1.807) is 30.7 Å². The standard InChI is InChI=1S/C27H19ClN6O/c1-34-13-12-31-26(34)16-2-6-19(7-3-16)32-25(17-4-9-21-23(14-17)30-11-10-29-21)24-20-8-5-18(28)15-22(20)33-27(24)35/h2-15,24H,1H3,(H,33,35). The van der Waals surface area contributed by atoms with E-state index in [0.717, 1.165) is 39.2 Å². The number of rotatable bonds is 4. The predicted molar refractivity (Wildman–Crippen MR) is 137 cm³/mol. The summed E-state index contributed by atoms with van der Waals surface area (Å²) >= 11 is 6.18. The molecule has 5 aromatic rings. The van der Waals surface area contributed by atoms with Crippen molar-refractivity contribution >= 4 is 45.6 Å². The molecule has 2 aromatic heterocycles. The first-order valence-electron chi connectivity index (χ1n) is 11.0. The molecule has 0 bridgehead atoms. The second-order valence-electron chi connectivity index (χ2n) is 8.32. The Morgan fingerprint density at radius 2 is 1.74 bits per heavy atom. The SMILES string of the molecule is Cn1ccnc1-c1ccc(N=C(c2ccc3nccnc3c2)C2C(=O)Nc3cc(Cl)ccc32)cc1. The van der Waals surface area contributed by atoms with E-state index in [1.165, 1.54) is 0 Å². The van der Waals surface area contributed by atoms with Gasteiger partial charge in [-0.25, -0.2) is 4.98 Å². The summed E-state index contributed by atoms with van der Waals surface area (Å²) in [5.41, 5.74) is 6.18. The van der Waals surface area contributed by atoms with E-state index in [4.69, 9.17) is 16.6 Å². The van der Waals surface area contributed by atoms with Crippen LogP contribution in [0.5, 0.6) is 0 Å². The van der Waals surface area contributed by atoms with Crippen molar-refractivity contribution in [3.63, 3.8) is 0 Å². The van der Waals surface area contributed by atoms with Crippen LogP contribution < -0.4 is 5.32 Å². The van der Waals surface area contributed by atoms with Crippen molar-refractivity contribution < 1.29 is 4.79 Å². The summed E-state index contributed by atoms with van der Waals surface area (Å²) in [7, 11) is 1.96. The van der Waals surface area contributed by atoms with Gasteiger partial charge < -0.3 is 9.88 Å². The first-order valence-corrected chi connectivity index (χ1v) is 11.4. The second kappa shape index (κ2) is 8.45. The lowest BCUT2D eigenvalue weighted by molar-refractivity contribution is -0.115. The van der Waals surface area contributed by atoms with Gasteiger partial charge in [-0.1, -0.05) is 23.7 Å². The fourth-order valence-electron chi connectivity index (χ4n) is 4.39. The number of nitrogens with one attached hydrogen (secondary N) is 1. The van der Waals surface area contributed by atoms with Gasteiger partial charge in [-0.2, -0.15) is 0 Å². The zero-order valence-electron chi connectivity index (χ0n) is 18.7. The van der Waals surface area contributed by atoms with Gasteiger partial charge in [0.05, 0.1) is 22.4 Å². The molecule has 0 aliphatic carbocycles. The molecular formula is C27H19ClN6O. The van der Waals surface area contributed by atoms with Crippen LogP contribution >= 0.6 is 11.6 Å². The number of halogens is 1. The van der Waals surface area contributed by atoms with Crippen LogP contribution in [0.4, 0.5) is 11.4 Å². The first-order chi connectivity index (χ1) is 17.1. The number of amides is 1. The third-order valence-corrected chi connectivity index (χ3v) is 6.32. The number of imidazole rings is 1. The lowest BCUT2D eigenvalue weighted by Crippen LogP contribution is -2.22. The average Bonchev–Trinajstić information content (AvgIpc) is 3.44. The van der Waals surface area contributed by atoms with Crippen LogP contribution in [-0.4, -0.2) is 31.1 Å². The molecule has 1 atom stereocenters. The smallest absolute Gasteiger partial charge is 0.238 e. The Kier molecular flexibility index (Phi) is 5.12. The van der Waals surface area contributed by atoms with Crippen LogP contribution in [0.25, 0.3) is 22.4 Å². The number of benzene rings is 3. The molecular weight excluding hydrogens is 460 g/mol. The minimum Gasteiger partial charge on any atom is -0.334 e. The van der Waals surface area contributed by atoms with Crippen LogP contribution in [-0.2, 0) is 11.8 Å². The highest BCUT2D eigenvalue weighted by Crippen LogP contribution is 2.38. The molecule has 0 spiro atoms. The Balaban J connectivity index is 1.49. The Morgan fingerprint density at radius 3 is 2.51 bits per heavy atom. The second-order valence-corrected chi connectivity index (χ2v) is 8.76. The lowest BCUT2D eigenvalue weighted by atomic mass is 9.90. The number of anilines is 1. The fourth-order valence-corrected chi connectivity index (χ4v) is 4.56. The molecule has 3 aromatic carbocycles. The number of aryl methyl sites for hydroxylation is 1. The van der Waals surface area contributed by atoms with Gasteiger partial charge in [0.15, 0.2) is 0 Å². The van der Waals surface area contributed by atoms with Gasteiger partial charge in [0.2, 0.25) is 5.91 Å². The third kappa shape index (κ3) is 3.86. The molecule has 1 amide bonds. The number of nitrogens with zero attached hydrogens (tertiary/aromatic N) is 5. The normalized spacial score (nSPS) is 15.3. The van der Waals surface area contributed by atoms with Gasteiger partial charge in [0.1, 0.15) is 11.7 Å². The maximum atomic E-state index is 13.2. The number of carbonyl (C=O) groups is 1. The van der Waals surface area contributed by atoms with E-state index in [9.17, 15) is 4.79 Å². The number of aromatic nitrogens is 4. The van der Waals surface area contributed by atoms with E-state index >= 15 is 0 Å². The monoisotopic (exact) mass is 478 g/mol. The number of hydrogen-bond donors (Lipinski definition) is 1. The van der Waals surface area contributed by atoms with Crippen molar-refractivity contribution in [3.05, 3.63) is 102 Å². The quantitative estimate of drug-likeness (QED) is 0.344. The number of carbonyl (C=O) groups excluding carboxylic acids is 1. The van der Waals surface area contributed by atoms with Gasteiger partial charge in [-0.05, 0) is 59.7 Å². The molecule has 1 aliphatic heterocycles. The summed E-state index contributed by atoms with van der Waals surface area (Å²) in [5, 5.41) is 3.52. The van der Waals surface area contributed by atoms with Crippen molar-refractivity contribution in [1.82, 2.24) is 19.5 Å². The summed E-state index contributed by atoms with van der Waals surface area (Å²) < 4.78 is 1.96. The first kappa shape index (κ1) is 21.2. The highest BCUT2D eigenvalue weighted by Gasteiger charge is 2.35. The lowest BCUT2D eigenvalue weighted by Gasteiger charge is -2.14. The van der Waals surface area contributed by atoms with Gasteiger partial charge >= 0.3 is 0 Å². The molecule has 1 unspecified atom stereocenters. The van der Waals surface area contributed by atoms with Crippen molar-refractivity contribution in [2.24, 2.45) is 12.0 Å². The third-order valence-electron chi connectivity index (χ3n) is 6.08. The Bertz CT molecular complexity index is 1620. The van der Waals surface area contributed by atoms with Gasteiger partial charge in [0, 0.05) is 48.1 Å². The van der Waals surface area contributed by atoms with Crippen LogP contribution in [0.2, 0.25) is 5.02 Å². The largest absolute Gasteiger partial charge is 0.334 e. The minimum absolute atomic E-state index is 0.148. The summed E-state index contributed by atoms with van der Waals surface area (Å²) in [6.07, 6.45) is 6.98. The van der Waals surface area contributed by atoms with Gasteiger partial charge in [-0.3, -0.25) is 19.8 Å². The molecule has 6 rings (SSSR count). The summed E-state index contributed by atoms with van der Waals surface area (Å²) in [5.74, 6) is 0.130. The predicted octanol–water partition coefficient (Wildman–Crippen LogP) is 5.54. The zero-order chi connectivity index (χ0) is 23.9. The Hall–Kier alpha value is -4.36. The topological polar surface area (TPSA) is 85.1 Å². The Morgan fingerprint density at radius 1 is 0.943 bits per heavy atom. The summed E-state index contributed by atoms with van der Waals surface area (Å²) in [6.45, 7) is 0. The van der Waals surface area contributed by atoms with Crippen LogP contribution in [0, 0.1) is 0 Å². The number of aliphatic imine (C=N–C) groups is 1. The molecule has 0 radical (unpaired) electrons. The molecule has 1 aliphatic rings. The van der Waals surface area contributed by atoms with E-state index in [2.05, 4.69) is 20.3 Å². The number of hydrogen-bond acceptors (Lipinski definition) is 5. The molecule has 35 heavy (non-hydrogen) atoms. The molecule has 170 valence electrons. The molecule has 8 heteroatoms. The zero-order valence-corrected chi connectivity index (χ0v) is 19.4. The molecule has 3 heterocycles. The minimum atomic E-state index is -0.592. The van der Waals surface area contributed by atoms with E-state index in [-0.39, 0.29) is 5.91 Å². The maximum absolute atomic E-state index is 13.2. The van der Waals surface area contributed by atoms with Crippen molar-refractivity contribution in [2.75, 3.05) is 5.32 Å². The molecule has 0 saturated heterocycles. The van der Waals surface area contributed by atoms with Crippen LogP contribution in [0.1, 0.15) is 17.0 Å². The number of fused-ring (bicyclic) bond motifs is 2. The van der Waals surface area contributed by atoms with Gasteiger partial charge in [-0.15, -0.1) is 0 Å². The van der Waals surface area contributed by atoms with Crippen molar-refractivity contribution in [2.45, 2.75) is 5.92 Å². The highest BCUT2D eigenvalue weighted by atomic mass is 35.5. The molecule has 7 nitrogen and oxygen atoms in total. The molecule has 1 N–H and O–H groups in total. The summed E-state index contributed by atoms with van der Waals surface area (Å²) in [4.78, 5) is 31.4. The van der Waals surface area contributed by atoms with Crippen molar-refractivity contribution in [3.8, 4) is 11.4 Å². The maximum Gasteiger partial charge on any atom is 0.238 e. The van der Waals surface area contributed by atoms with Crippen molar-refractivity contribution in [1.29, 1.82) is 0 Å². The summed E-state index contributed by atoms with van der Waals surface area (Å²) in [6, 6.07) is 19.0. The van der Waals surface area contributed by atoms with E-state index in [0.29, 0.717) is 16.4 Å². The Labute approximate surface area is 206 Å².